The third-order valence-electron chi connectivity index (χ3n) is 4.34. The monoisotopic (exact) mass is 275 g/mol. The number of Topliss-reactive ketones (excluding diaryl/α,β-unsaturated/α-hetero) is 1. The van der Waals surface area contributed by atoms with Crippen molar-refractivity contribution in [3.05, 3.63) is 29.3 Å². The van der Waals surface area contributed by atoms with E-state index in [1.807, 2.05) is 0 Å². The molecule has 5 heteroatoms. The van der Waals surface area contributed by atoms with Crippen LogP contribution in [0.25, 0.3) is 0 Å². The maximum Gasteiger partial charge on any atom is 0.170 e. The second-order valence-electron chi connectivity index (χ2n) is 5.84. The van der Waals surface area contributed by atoms with Gasteiger partial charge in [-0.2, -0.15) is 0 Å². The molecule has 1 saturated heterocycles. The van der Waals surface area contributed by atoms with E-state index in [2.05, 4.69) is 7.05 Å². The predicted molar refractivity (Wildman–Crippen MR) is 68.9 cm³/mol. The van der Waals surface area contributed by atoms with E-state index in [0.717, 1.165) is 25.9 Å². The van der Waals surface area contributed by atoms with Gasteiger partial charge in [0.15, 0.2) is 5.78 Å². The minimum Gasteiger partial charge on any atom is -0.545 e. The van der Waals surface area contributed by atoms with Crippen LogP contribution in [0.2, 0.25) is 0 Å². The van der Waals surface area contributed by atoms with Gasteiger partial charge in [0, 0.05) is 12.8 Å². The average molecular weight is 275 g/mol. The molecule has 1 spiro atoms. The topological polar surface area (TPSA) is 70.9 Å². The second-order valence-corrected chi connectivity index (χ2v) is 5.84. The Hall–Kier alpha value is -1.88. The zero-order valence-corrected chi connectivity index (χ0v) is 11.4. The van der Waals surface area contributed by atoms with E-state index in [4.69, 9.17) is 4.74 Å². The molecule has 0 atom stereocenters. The van der Waals surface area contributed by atoms with Crippen LogP contribution >= 0.6 is 0 Å². The van der Waals surface area contributed by atoms with Crippen LogP contribution in [-0.2, 0) is 0 Å². The first-order chi connectivity index (χ1) is 9.49. The number of carboxylic acids is 1. The lowest BCUT2D eigenvalue weighted by Crippen LogP contribution is -3.10. The van der Waals surface area contributed by atoms with E-state index in [0.29, 0.717) is 17.7 Å². The molecule has 106 valence electrons. The number of likely N-dealkylation sites (tertiary alicyclic amines) is 1. The highest BCUT2D eigenvalue weighted by atomic mass is 16.5. The maximum atomic E-state index is 12.3. The highest BCUT2D eigenvalue weighted by Crippen LogP contribution is 2.37. The van der Waals surface area contributed by atoms with Gasteiger partial charge in [0.2, 0.25) is 0 Å². The lowest BCUT2D eigenvalue weighted by atomic mass is 9.82. The second kappa shape index (κ2) is 4.59. The highest BCUT2D eigenvalue weighted by Gasteiger charge is 2.43. The molecule has 2 aliphatic heterocycles. The number of quaternary nitrogens is 1. The van der Waals surface area contributed by atoms with Gasteiger partial charge in [0.1, 0.15) is 11.4 Å². The van der Waals surface area contributed by atoms with Crippen LogP contribution in [0.4, 0.5) is 0 Å². The summed E-state index contributed by atoms with van der Waals surface area (Å²) >= 11 is 0. The first-order valence-corrected chi connectivity index (χ1v) is 6.88. The number of nitrogens with one attached hydrogen (secondary N) is 1. The molecule has 1 N–H and O–H groups in total. The van der Waals surface area contributed by atoms with Gasteiger partial charge < -0.3 is 19.5 Å². The Morgan fingerprint density at radius 2 is 2.05 bits per heavy atom. The van der Waals surface area contributed by atoms with E-state index in [9.17, 15) is 14.7 Å². The van der Waals surface area contributed by atoms with E-state index in [-0.39, 0.29) is 11.3 Å². The number of benzene rings is 1. The van der Waals surface area contributed by atoms with Crippen molar-refractivity contribution in [1.82, 2.24) is 0 Å². The summed E-state index contributed by atoms with van der Waals surface area (Å²) in [7, 11) is 2.14. The predicted octanol–water partition coefficient (Wildman–Crippen LogP) is -0.937. The first-order valence-electron chi connectivity index (χ1n) is 6.88. The van der Waals surface area contributed by atoms with Crippen LogP contribution in [0, 0.1) is 0 Å². The molecule has 0 aliphatic carbocycles. The van der Waals surface area contributed by atoms with Crippen molar-refractivity contribution in [2.24, 2.45) is 0 Å². The van der Waals surface area contributed by atoms with Gasteiger partial charge in [-0.3, -0.25) is 4.79 Å². The summed E-state index contributed by atoms with van der Waals surface area (Å²) in [6, 6.07) is 4.37. The molecule has 1 aromatic carbocycles. The van der Waals surface area contributed by atoms with Crippen LogP contribution in [0.15, 0.2) is 18.2 Å². The molecule has 0 unspecified atom stereocenters. The van der Waals surface area contributed by atoms with Crippen molar-refractivity contribution in [3.8, 4) is 5.75 Å². The van der Waals surface area contributed by atoms with E-state index in [1.165, 1.54) is 17.0 Å². The molecule has 5 nitrogen and oxygen atoms in total. The van der Waals surface area contributed by atoms with Crippen molar-refractivity contribution >= 4 is 11.8 Å². The van der Waals surface area contributed by atoms with Crippen LogP contribution in [0.3, 0.4) is 0 Å². The SMILES string of the molecule is C[NH+]1CCC2(CC1)CC(=O)c1cc(C(=O)[O-])ccc1O2. The Kier molecular flexibility index (Phi) is 3.01. The molecule has 3 rings (SSSR count). The quantitative estimate of drug-likeness (QED) is 0.718. The van der Waals surface area contributed by atoms with Crippen molar-refractivity contribution in [1.29, 1.82) is 0 Å². The minimum atomic E-state index is -1.27. The first kappa shape index (κ1) is 13.1. The van der Waals surface area contributed by atoms with E-state index in [1.54, 1.807) is 6.07 Å². The number of hydrogen-bond acceptors (Lipinski definition) is 4. The van der Waals surface area contributed by atoms with Crippen molar-refractivity contribution < 1.29 is 24.3 Å². The third kappa shape index (κ3) is 2.18. The van der Waals surface area contributed by atoms with Crippen molar-refractivity contribution in [2.45, 2.75) is 24.9 Å². The summed E-state index contributed by atoms with van der Waals surface area (Å²) in [5.74, 6) is -0.802. The van der Waals surface area contributed by atoms with E-state index < -0.39 is 11.6 Å². The molecular weight excluding hydrogens is 258 g/mol. The average Bonchev–Trinajstić information content (AvgIpc) is 2.42. The summed E-state index contributed by atoms with van der Waals surface area (Å²) in [5.41, 5.74) is -0.0138. The lowest BCUT2D eigenvalue weighted by Gasteiger charge is -2.41. The summed E-state index contributed by atoms with van der Waals surface area (Å²) in [6.07, 6.45) is 2.04. The molecule has 1 fully saturated rings. The Morgan fingerprint density at radius 1 is 1.35 bits per heavy atom. The van der Waals surface area contributed by atoms with Crippen LogP contribution < -0.4 is 14.7 Å². The Morgan fingerprint density at radius 3 is 2.70 bits per heavy atom. The number of ether oxygens (including phenoxy) is 1. The zero-order valence-electron chi connectivity index (χ0n) is 11.4. The molecule has 0 aromatic heterocycles. The number of aromatic carboxylic acids is 1. The lowest BCUT2D eigenvalue weighted by molar-refractivity contribution is -0.887. The molecule has 0 bridgehead atoms. The minimum absolute atomic E-state index is 0.0180. The number of carboxylic acid groups (broad SMARTS) is 1. The van der Waals surface area contributed by atoms with E-state index >= 15 is 0 Å². The van der Waals surface area contributed by atoms with Gasteiger partial charge in [-0.15, -0.1) is 0 Å². The number of fused-ring (bicyclic) bond motifs is 1. The normalized spacial score (nSPS) is 28.9. The number of carbonyl (C=O) groups excluding carboxylic acids is 2. The van der Waals surface area contributed by atoms with Crippen molar-refractivity contribution in [2.75, 3.05) is 20.1 Å². The highest BCUT2D eigenvalue weighted by molar-refractivity contribution is 6.02. The van der Waals surface area contributed by atoms with Gasteiger partial charge >= 0.3 is 0 Å². The molecule has 20 heavy (non-hydrogen) atoms. The van der Waals surface area contributed by atoms with Gasteiger partial charge in [-0.05, 0) is 23.8 Å². The molecule has 2 heterocycles. The number of carbonyl (C=O) groups is 2. The smallest absolute Gasteiger partial charge is 0.170 e. The summed E-state index contributed by atoms with van der Waals surface area (Å²) < 4.78 is 6.07. The summed E-state index contributed by atoms with van der Waals surface area (Å²) in [6.45, 7) is 1.97. The van der Waals surface area contributed by atoms with Gasteiger partial charge in [-0.25, -0.2) is 0 Å². The number of ketones is 1. The van der Waals surface area contributed by atoms with Crippen LogP contribution in [0.1, 0.15) is 40.0 Å². The Labute approximate surface area is 117 Å². The number of hydrogen-bond donors (Lipinski definition) is 1. The van der Waals surface area contributed by atoms with Crippen LogP contribution in [0.5, 0.6) is 5.75 Å². The fourth-order valence-electron chi connectivity index (χ4n) is 3.03. The largest absolute Gasteiger partial charge is 0.545 e. The zero-order chi connectivity index (χ0) is 14.3. The molecule has 0 amide bonds. The molecule has 1 aromatic rings. The number of piperidine rings is 1. The standard InChI is InChI=1S/C15H17NO4/c1-16-6-4-15(5-7-16)9-12(17)11-8-10(14(18)19)2-3-13(11)20-15/h2-3,8H,4-7,9H2,1H3,(H,18,19). The van der Waals surface area contributed by atoms with Gasteiger partial charge in [-0.1, -0.05) is 0 Å². The fourth-order valence-corrected chi connectivity index (χ4v) is 3.03. The van der Waals surface area contributed by atoms with Gasteiger partial charge in [0.05, 0.1) is 38.1 Å². The fraction of sp³-hybridized carbons (Fsp3) is 0.467. The summed E-state index contributed by atoms with van der Waals surface area (Å²) in [5, 5.41) is 10.9. The third-order valence-corrected chi connectivity index (χ3v) is 4.34. The molecule has 0 radical (unpaired) electrons. The Balaban J connectivity index is 1.92. The van der Waals surface area contributed by atoms with Gasteiger partial charge in [0.25, 0.3) is 0 Å². The van der Waals surface area contributed by atoms with Crippen molar-refractivity contribution in [3.63, 3.8) is 0 Å². The maximum absolute atomic E-state index is 12.3. The molecular formula is C15H17NO4. The molecule has 0 saturated carbocycles. The van der Waals surface area contributed by atoms with Crippen LogP contribution in [-0.4, -0.2) is 37.5 Å². The number of rotatable bonds is 1. The molecule has 2 aliphatic rings. The summed E-state index contributed by atoms with van der Waals surface area (Å²) in [4.78, 5) is 24.6. The Bertz CT molecular complexity index is 573.